The van der Waals surface area contributed by atoms with Gasteiger partial charge in [-0.2, -0.15) is 0 Å². The number of hydrogen-bond acceptors (Lipinski definition) is 6. The van der Waals surface area contributed by atoms with Crippen LogP contribution in [0.1, 0.15) is 31.7 Å². The molecule has 0 saturated heterocycles. The molecule has 0 bridgehead atoms. The van der Waals surface area contributed by atoms with Gasteiger partial charge in [0.15, 0.2) is 17.0 Å². The quantitative estimate of drug-likeness (QED) is 0.568. The summed E-state index contributed by atoms with van der Waals surface area (Å²) in [5.41, 5.74) is 3.90. The van der Waals surface area contributed by atoms with Gasteiger partial charge >= 0.3 is 0 Å². The maximum absolute atomic E-state index is 5.36. The number of nitrogens with zero attached hydrogens (tertiary/aromatic N) is 5. The first-order valence-electron chi connectivity index (χ1n) is 5.42. The fraction of sp³-hybridized carbons (Fsp3) is 0.556. The van der Waals surface area contributed by atoms with E-state index in [2.05, 4.69) is 25.7 Å². The molecule has 1 saturated carbocycles. The SMILES string of the molecule is NNc1ncnc2c1nnn2C1CCCC1. The van der Waals surface area contributed by atoms with Crippen LogP contribution in [0.25, 0.3) is 11.2 Å². The molecule has 2 heterocycles. The average molecular weight is 219 g/mol. The molecule has 3 rings (SSSR count). The van der Waals surface area contributed by atoms with Crippen molar-refractivity contribution in [3.05, 3.63) is 6.33 Å². The highest BCUT2D eigenvalue weighted by Gasteiger charge is 2.21. The smallest absolute Gasteiger partial charge is 0.184 e. The van der Waals surface area contributed by atoms with Crippen molar-refractivity contribution in [1.29, 1.82) is 0 Å². The Kier molecular flexibility index (Phi) is 2.17. The zero-order chi connectivity index (χ0) is 11.0. The second-order valence-electron chi connectivity index (χ2n) is 4.01. The Hall–Kier alpha value is -1.76. The number of hydrogen-bond donors (Lipinski definition) is 2. The molecular weight excluding hydrogens is 206 g/mol. The highest BCUT2D eigenvalue weighted by molar-refractivity contribution is 5.81. The monoisotopic (exact) mass is 219 g/mol. The predicted molar refractivity (Wildman–Crippen MR) is 58.4 cm³/mol. The molecule has 1 aliphatic rings. The van der Waals surface area contributed by atoms with E-state index in [-0.39, 0.29) is 0 Å². The summed E-state index contributed by atoms with van der Waals surface area (Å²) < 4.78 is 1.89. The first-order valence-corrected chi connectivity index (χ1v) is 5.42. The third kappa shape index (κ3) is 1.32. The van der Waals surface area contributed by atoms with E-state index in [0.717, 1.165) is 18.5 Å². The molecule has 0 atom stereocenters. The van der Waals surface area contributed by atoms with E-state index >= 15 is 0 Å². The summed E-state index contributed by atoms with van der Waals surface area (Å²) in [6.07, 6.45) is 6.27. The van der Waals surface area contributed by atoms with Crippen molar-refractivity contribution in [1.82, 2.24) is 25.0 Å². The molecule has 2 aromatic rings. The van der Waals surface area contributed by atoms with E-state index in [1.54, 1.807) is 0 Å². The third-order valence-corrected chi connectivity index (χ3v) is 3.07. The standard InChI is InChI=1S/C9H13N7/c10-13-8-7-9(12-5-11-8)16(15-14-7)6-3-1-2-4-6/h5-6H,1-4,10H2,(H,11,12,13). The molecule has 3 N–H and O–H groups in total. The number of fused-ring (bicyclic) bond motifs is 1. The van der Waals surface area contributed by atoms with Crippen LogP contribution < -0.4 is 11.3 Å². The molecule has 84 valence electrons. The van der Waals surface area contributed by atoms with Crippen LogP contribution in [-0.4, -0.2) is 25.0 Å². The second kappa shape index (κ2) is 3.67. The first-order chi connectivity index (χ1) is 7.90. The summed E-state index contributed by atoms with van der Waals surface area (Å²) in [4.78, 5) is 8.23. The van der Waals surface area contributed by atoms with E-state index in [1.807, 2.05) is 4.68 Å². The van der Waals surface area contributed by atoms with Gasteiger partial charge in [-0.15, -0.1) is 5.10 Å². The number of hydrazine groups is 1. The van der Waals surface area contributed by atoms with Gasteiger partial charge in [0.25, 0.3) is 0 Å². The van der Waals surface area contributed by atoms with Crippen LogP contribution in [0.15, 0.2) is 6.33 Å². The summed E-state index contributed by atoms with van der Waals surface area (Å²) in [5.74, 6) is 5.88. The van der Waals surface area contributed by atoms with E-state index < -0.39 is 0 Å². The molecule has 2 aromatic heterocycles. The lowest BCUT2D eigenvalue weighted by atomic mass is 10.2. The van der Waals surface area contributed by atoms with Crippen molar-refractivity contribution in [3.63, 3.8) is 0 Å². The van der Waals surface area contributed by atoms with Crippen molar-refractivity contribution < 1.29 is 0 Å². The molecule has 0 radical (unpaired) electrons. The maximum Gasteiger partial charge on any atom is 0.184 e. The van der Waals surface area contributed by atoms with Crippen LogP contribution in [0.5, 0.6) is 0 Å². The Morgan fingerprint density at radius 2 is 2.12 bits per heavy atom. The summed E-state index contributed by atoms with van der Waals surface area (Å²) >= 11 is 0. The minimum absolute atomic E-state index is 0.422. The van der Waals surface area contributed by atoms with Gasteiger partial charge in [0, 0.05) is 0 Å². The molecule has 7 heteroatoms. The Balaban J connectivity index is 2.12. The molecule has 0 unspecified atom stereocenters. The fourth-order valence-electron chi connectivity index (χ4n) is 2.26. The lowest BCUT2D eigenvalue weighted by Crippen LogP contribution is -2.10. The van der Waals surface area contributed by atoms with Gasteiger partial charge < -0.3 is 5.43 Å². The van der Waals surface area contributed by atoms with Gasteiger partial charge in [-0.05, 0) is 12.8 Å². The molecule has 7 nitrogen and oxygen atoms in total. The topological polar surface area (TPSA) is 94.5 Å². The second-order valence-corrected chi connectivity index (χ2v) is 4.01. The van der Waals surface area contributed by atoms with Gasteiger partial charge in [0.2, 0.25) is 0 Å². The van der Waals surface area contributed by atoms with E-state index in [9.17, 15) is 0 Å². The minimum Gasteiger partial charge on any atom is -0.306 e. The fourth-order valence-corrected chi connectivity index (χ4v) is 2.26. The Morgan fingerprint density at radius 3 is 2.88 bits per heavy atom. The first kappa shape index (κ1) is 9.46. The Morgan fingerprint density at radius 1 is 1.31 bits per heavy atom. The van der Waals surface area contributed by atoms with Crippen LogP contribution >= 0.6 is 0 Å². The normalized spacial score (nSPS) is 17.1. The highest BCUT2D eigenvalue weighted by Crippen LogP contribution is 2.30. The molecule has 0 amide bonds. The van der Waals surface area contributed by atoms with Crippen molar-refractivity contribution in [2.24, 2.45) is 5.84 Å². The summed E-state index contributed by atoms with van der Waals surface area (Å²) in [5, 5.41) is 8.23. The van der Waals surface area contributed by atoms with Gasteiger partial charge in [0.1, 0.15) is 6.33 Å². The largest absolute Gasteiger partial charge is 0.306 e. The molecule has 1 fully saturated rings. The number of nitrogen functional groups attached to an aromatic ring is 1. The van der Waals surface area contributed by atoms with Gasteiger partial charge in [-0.1, -0.05) is 18.1 Å². The molecule has 0 spiro atoms. The molecular formula is C9H13N7. The number of anilines is 1. The molecule has 1 aliphatic carbocycles. The van der Waals surface area contributed by atoms with Crippen LogP contribution in [0, 0.1) is 0 Å². The summed E-state index contributed by atoms with van der Waals surface area (Å²) in [6.45, 7) is 0. The lowest BCUT2D eigenvalue weighted by Gasteiger charge is -2.08. The maximum atomic E-state index is 5.36. The highest BCUT2D eigenvalue weighted by atomic mass is 15.5. The zero-order valence-electron chi connectivity index (χ0n) is 8.80. The van der Waals surface area contributed by atoms with Gasteiger partial charge in [0.05, 0.1) is 6.04 Å². The third-order valence-electron chi connectivity index (χ3n) is 3.07. The number of nitrogens with two attached hydrogens (primary N) is 1. The predicted octanol–water partition coefficient (Wildman–Crippen LogP) is 0.622. The Bertz CT molecular complexity index is 500. The zero-order valence-corrected chi connectivity index (χ0v) is 8.80. The number of nitrogens with one attached hydrogen (secondary N) is 1. The minimum atomic E-state index is 0.422. The molecule has 16 heavy (non-hydrogen) atoms. The van der Waals surface area contributed by atoms with Crippen molar-refractivity contribution in [2.75, 3.05) is 5.43 Å². The van der Waals surface area contributed by atoms with Gasteiger partial charge in [-0.3, -0.25) is 0 Å². The van der Waals surface area contributed by atoms with Gasteiger partial charge in [-0.25, -0.2) is 20.5 Å². The van der Waals surface area contributed by atoms with Crippen molar-refractivity contribution in [3.8, 4) is 0 Å². The summed E-state index contributed by atoms with van der Waals surface area (Å²) in [6, 6.07) is 0.422. The Labute approximate surface area is 92.0 Å². The van der Waals surface area contributed by atoms with E-state index in [1.165, 1.54) is 19.2 Å². The van der Waals surface area contributed by atoms with Crippen LogP contribution in [0.2, 0.25) is 0 Å². The van der Waals surface area contributed by atoms with E-state index in [0.29, 0.717) is 17.4 Å². The molecule has 0 aromatic carbocycles. The molecule has 0 aliphatic heterocycles. The lowest BCUT2D eigenvalue weighted by molar-refractivity contribution is 0.464. The summed E-state index contributed by atoms with van der Waals surface area (Å²) in [7, 11) is 0. The van der Waals surface area contributed by atoms with Crippen molar-refractivity contribution >= 4 is 17.0 Å². The van der Waals surface area contributed by atoms with Crippen molar-refractivity contribution in [2.45, 2.75) is 31.7 Å². The van der Waals surface area contributed by atoms with E-state index in [4.69, 9.17) is 5.84 Å². The van der Waals surface area contributed by atoms with Crippen LogP contribution in [-0.2, 0) is 0 Å². The number of rotatable bonds is 2. The number of aromatic nitrogens is 5. The van der Waals surface area contributed by atoms with Crippen LogP contribution in [0.4, 0.5) is 5.82 Å². The van der Waals surface area contributed by atoms with Crippen LogP contribution in [0.3, 0.4) is 0 Å². The average Bonchev–Trinajstić information content (AvgIpc) is 2.96.